The number of hydrogen-bond acceptors (Lipinski definition) is 6. The Hall–Kier alpha value is -3.68. The van der Waals surface area contributed by atoms with Crippen molar-refractivity contribution in [2.24, 2.45) is 0 Å². The van der Waals surface area contributed by atoms with Gasteiger partial charge in [-0.3, -0.25) is 4.79 Å². The van der Waals surface area contributed by atoms with Gasteiger partial charge in [0.1, 0.15) is 5.65 Å². The van der Waals surface area contributed by atoms with Crippen LogP contribution in [0, 0.1) is 0 Å². The van der Waals surface area contributed by atoms with Crippen LogP contribution in [-0.2, 0) is 14.3 Å². The molecule has 0 unspecified atom stereocenters. The first-order chi connectivity index (χ1) is 13.4. The van der Waals surface area contributed by atoms with E-state index in [1.54, 1.807) is 60.8 Å². The summed E-state index contributed by atoms with van der Waals surface area (Å²) in [4.78, 5) is 40.0. The molecule has 0 bridgehead atoms. The van der Waals surface area contributed by atoms with E-state index in [0.717, 1.165) is 0 Å². The summed E-state index contributed by atoms with van der Waals surface area (Å²) in [5.74, 6) is -1.63. The van der Waals surface area contributed by atoms with Gasteiger partial charge >= 0.3 is 11.9 Å². The van der Waals surface area contributed by atoms with Crippen LogP contribution in [0.3, 0.4) is 0 Å². The number of fused-ring (bicyclic) bond motifs is 1. The minimum Gasteiger partial charge on any atom is -0.459 e. The van der Waals surface area contributed by atoms with Crippen LogP contribution in [0.5, 0.6) is 0 Å². The SMILES string of the molecule is CC(C)OC(=O)c1ccc(NC(=O)COC(=O)c2cn3ccccc3n2)cc1. The lowest BCUT2D eigenvalue weighted by Gasteiger charge is -2.09. The average molecular weight is 381 g/mol. The highest BCUT2D eigenvalue weighted by atomic mass is 16.5. The van der Waals surface area contributed by atoms with E-state index < -0.39 is 24.5 Å². The first-order valence-corrected chi connectivity index (χ1v) is 8.64. The molecule has 8 heteroatoms. The van der Waals surface area contributed by atoms with Gasteiger partial charge in [-0.15, -0.1) is 0 Å². The number of hydrogen-bond donors (Lipinski definition) is 1. The van der Waals surface area contributed by atoms with Crippen LogP contribution in [-0.4, -0.2) is 39.9 Å². The highest BCUT2D eigenvalue weighted by Gasteiger charge is 2.14. The molecule has 0 fully saturated rings. The molecule has 144 valence electrons. The van der Waals surface area contributed by atoms with Gasteiger partial charge in [-0.25, -0.2) is 14.6 Å². The highest BCUT2D eigenvalue weighted by molar-refractivity contribution is 5.95. The van der Waals surface area contributed by atoms with Gasteiger partial charge in [0.25, 0.3) is 5.91 Å². The summed E-state index contributed by atoms with van der Waals surface area (Å²) < 4.78 is 11.8. The van der Waals surface area contributed by atoms with Crippen molar-refractivity contribution in [3.8, 4) is 0 Å². The number of carbonyl (C=O) groups excluding carboxylic acids is 3. The third-order valence-electron chi connectivity index (χ3n) is 3.65. The molecule has 1 amide bonds. The fourth-order valence-electron chi connectivity index (χ4n) is 2.41. The minimum absolute atomic E-state index is 0.118. The lowest BCUT2D eigenvalue weighted by atomic mass is 10.2. The molecule has 0 radical (unpaired) electrons. The van der Waals surface area contributed by atoms with Crippen molar-refractivity contribution in [3.05, 3.63) is 66.1 Å². The molecule has 0 aliphatic carbocycles. The number of nitrogens with zero attached hydrogens (tertiary/aromatic N) is 2. The number of benzene rings is 1. The van der Waals surface area contributed by atoms with Crippen LogP contribution in [0.2, 0.25) is 0 Å². The summed E-state index contributed by atoms with van der Waals surface area (Å²) in [6, 6.07) is 11.6. The number of amides is 1. The topological polar surface area (TPSA) is 99.0 Å². The first-order valence-electron chi connectivity index (χ1n) is 8.64. The number of carbonyl (C=O) groups is 3. The maximum absolute atomic E-state index is 12.0. The molecule has 3 rings (SSSR count). The van der Waals surface area contributed by atoms with Crippen molar-refractivity contribution in [2.45, 2.75) is 20.0 Å². The third-order valence-corrected chi connectivity index (χ3v) is 3.65. The molecule has 8 nitrogen and oxygen atoms in total. The van der Waals surface area contributed by atoms with Gasteiger partial charge < -0.3 is 19.2 Å². The molecule has 1 N–H and O–H groups in total. The molecule has 2 heterocycles. The molecule has 0 saturated heterocycles. The molecule has 28 heavy (non-hydrogen) atoms. The number of anilines is 1. The van der Waals surface area contributed by atoms with Gasteiger partial charge in [-0.05, 0) is 50.2 Å². The van der Waals surface area contributed by atoms with Crippen molar-refractivity contribution in [1.82, 2.24) is 9.38 Å². The second-order valence-corrected chi connectivity index (χ2v) is 6.25. The molecule has 0 atom stereocenters. The molecular formula is C20H19N3O5. The molecule has 0 aliphatic heterocycles. The summed E-state index contributed by atoms with van der Waals surface area (Å²) in [6.07, 6.45) is 3.08. The van der Waals surface area contributed by atoms with Gasteiger partial charge in [0.15, 0.2) is 12.3 Å². The molecule has 1 aromatic carbocycles. The summed E-state index contributed by atoms with van der Waals surface area (Å²) in [5.41, 5.74) is 1.57. The fraction of sp³-hybridized carbons (Fsp3) is 0.200. The Morgan fingerprint density at radius 2 is 1.82 bits per heavy atom. The first kappa shape index (κ1) is 19.1. The summed E-state index contributed by atoms with van der Waals surface area (Å²) in [5, 5.41) is 2.59. The number of esters is 2. The van der Waals surface area contributed by atoms with Crippen LogP contribution in [0.25, 0.3) is 5.65 Å². The Morgan fingerprint density at radius 3 is 2.50 bits per heavy atom. The lowest BCUT2D eigenvalue weighted by molar-refractivity contribution is -0.119. The zero-order chi connectivity index (χ0) is 20.1. The van der Waals surface area contributed by atoms with E-state index in [0.29, 0.717) is 16.9 Å². The average Bonchev–Trinajstić information content (AvgIpc) is 3.10. The standard InChI is InChI=1S/C20H19N3O5/c1-13(2)28-19(25)14-6-8-15(9-7-14)21-18(24)12-27-20(26)16-11-23-10-4-3-5-17(23)22-16/h3-11,13H,12H2,1-2H3,(H,21,24). The van der Waals surface area contributed by atoms with Gasteiger partial charge in [-0.1, -0.05) is 6.07 Å². The Morgan fingerprint density at radius 1 is 1.07 bits per heavy atom. The predicted octanol–water partition coefficient (Wildman–Crippen LogP) is 2.70. The van der Waals surface area contributed by atoms with E-state index in [-0.39, 0.29) is 11.8 Å². The Balaban J connectivity index is 1.52. The van der Waals surface area contributed by atoms with Crippen LogP contribution >= 0.6 is 0 Å². The number of pyridine rings is 1. The second kappa shape index (κ2) is 8.34. The summed E-state index contributed by atoms with van der Waals surface area (Å²) in [6.45, 7) is 3.07. The number of imidazole rings is 1. The van der Waals surface area contributed by atoms with Gasteiger partial charge in [0.2, 0.25) is 0 Å². The van der Waals surface area contributed by atoms with Crippen molar-refractivity contribution < 1.29 is 23.9 Å². The summed E-state index contributed by atoms with van der Waals surface area (Å²) in [7, 11) is 0. The van der Waals surface area contributed by atoms with Crippen LogP contribution in [0.1, 0.15) is 34.7 Å². The lowest BCUT2D eigenvalue weighted by Crippen LogP contribution is -2.21. The van der Waals surface area contributed by atoms with Crippen LogP contribution < -0.4 is 5.32 Å². The van der Waals surface area contributed by atoms with E-state index in [1.807, 2.05) is 6.07 Å². The molecule has 0 aliphatic rings. The molecule has 0 saturated carbocycles. The Bertz CT molecular complexity index is 975. The molecule has 2 aromatic heterocycles. The number of ether oxygens (including phenoxy) is 2. The molecular weight excluding hydrogens is 362 g/mol. The zero-order valence-corrected chi connectivity index (χ0v) is 15.4. The fourth-order valence-corrected chi connectivity index (χ4v) is 2.41. The third kappa shape index (κ3) is 4.73. The maximum atomic E-state index is 12.0. The van der Waals surface area contributed by atoms with Gasteiger partial charge in [-0.2, -0.15) is 0 Å². The largest absolute Gasteiger partial charge is 0.459 e. The van der Waals surface area contributed by atoms with E-state index in [2.05, 4.69) is 10.3 Å². The van der Waals surface area contributed by atoms with Crippen LogP contribution in [0.4, 0.5) is 5.69 Å². The minimum atomic E-state index is -0.689. The van der Waals surface area contributed by atoms with E-state index >= 15 is 0 Å². The number of rotatable bonds is 6. The van der Waals surface area contributed by atoms with Crippen molar-refractivity contribution in [3.63, 3.8) is 0 Å². The predicted molar refractivity (Wildman–Crippen MR) is 101 cm³/mol. The van der Waals surface area contributed by atoms with Gasteiger partial charge in [0, 0.05) is 18.1 Å². The Labute approximate surface area is 161 Å². The number of nitrogens with one attached hydrogen (secondary N) is 1. The number of aromatic nitrogens is 2. The summed E-state index contributed by atoms with van der Waals surface area (Å²) >= 11 is 0. The van der Waals surface area contributed by atoms with E-state index in [4.69, 9.17) is 9.47 Å². The van der Waals surface area contributed by atoms with Gasteiger partial charge in [0.05, 0.1) is 11.7 Å². The smallest absolute Gasteiger partial charge is 0.359 e. The normalized spacial score (nSPS) is 10.7. The van der Waals surface area contributed by atoms with Crippen molar-refractivity contribution >= 4 is 29.2 Å². The van der Waals surface area contributed by atoms with E-state index in [9.17, 15) is 14.4 Å². The second-order valence-electron chi connectivity index (χ2n) is 6.25. The Kier molecular flexibility index (Phi) is 5.69. The highest BCUT2D eigenvalue weighted by Crippen LogP contribution is 2.12. The van der Waals surface area contributed by atoms with Crippen LogP contribution in [0.15, 0.2) is 54.9 Å². The van der Waals surface area contributed by atoms with E-state index in [1.165, 1.54) is 6.20 Å². The monoisotopic (exact) mass is 381 g/mol. The zero-order valence-electron chi connectivity index (χ0n) is 15.4. The molecule has 3 aromatic rings. The maximum Gasteiger partial charge on any atom is 0.359 e. The molecule has 0 spiro atoms. The quantitative estimate of drug-likeness (QED) is 0.659. The van der Waals surface area contributed by atoms with Crippen molar-refractivity contribution in [2.75, 3.05) is 11.9 Å². The van der Waals surface area contributed by atoms with Crippen molar-refractivity contribution in [1.29, 1.82) is 0 Å².